The van der Waals surface area contributed by atoms with Gasteiger partial charge in [0.25, 0.3) is 0 Å². The van der Waals surface area contributed by atoms with Gasteiger partial charge in [-0.25, -0.2) is 4.79 Å². The van der Waals surface area contributed by atoms with Gasteiger partial charge in [0.15, 0.2) is 0 Å². The third-order valence-corrected chi connectivity index (χ3v) is 3.79. The maximum Gasteiger partial charge on any atom is 0.321 e. The molecule has 1 saturated heterocycles. The van der Waals surface area contributed by atoms with E-state index >= 15 is 0 Å². The second kappa shape index (κ2) is 7.43. The number of hydrogen-bond donors (Lipinski definition) is 3. The summed E-state index contributed by atoms with van der Waals surface area (Å²) in [6.45, 7) is 6.26. The molecule has 0 saturated carbocycles. The van der Waals surface area contributed by atoms with E-state index < -0.39 is 0 Å². The molecule has 5 nitrogen and oxygen atoms in total. The van der Waals surface area contributed by atoms with Crippen molar-refractivity contribution >= 4 is 11.7 Å². The molecule has 2 rings (SSSR count). The number of aliphatic hydroxyl groups is 1. The zero-order valence-electron chi connectivity index (χ0n) is 12.8. The Hall–Kier alpha value is -1.59. The van der Waals surface area contributed by atoms with Crippen molar-refractivity contribution in [2.45, 2.75) is 38.8 Å². The molecule has 0 bridgehead atoms. The average Bonchev–Trinajstić information content (AvgIpc) is 2.91. The quantitative estimate of drug-likeness (QED) is 0.780. The zero-order chi connectivity index (χ0) is 15.2. The summed E-state index contributed by atoms with van der Waals surface area (Å²) in [5, 5.41) is 15.8. The molecule has 1 heterocycles. The van der Waals surface area contributed by atoms with Crippen LogP contribution in [0.1, 0.15) is 38.3 Å². The van der Waals surface area contributed by atoms with Crippen LogP contribution in [0.2, 0.25) is 0 Å². The molecular formula is C16H25N3O2. The van der Waals surface area contributed by atoms with E-state index in [1.807, 2.05) is 18.2 Å². The molecule has 5 heteroatoms. The first-order valence-electron chi connectivity index (χ1n) is 7.67. The monoisotopic (exact) mass is 291 g/mol. The van der Waals surface area contributed by atoms with Crippen molar-refractivity contribution in [1.82, 2.24) is 10.2 Å². The van der Waals surface area contributed by atoms with Crippen LogP contribution >= 0.6 is 0 Å². The van der Waals surface area contributed by atoms with Gasteiger partial charge in [-0.3, -0.25) is 0 Å². The fourth-order valence-electron chi connectivity index (χ4n) is 2.49. The molecule has 1 aromatic rings. The van der Waals surface area contributed by atoms with Crippen molar-refractivity contribution < 1.29 is 9.90 Å². The Morgan fingerprint density at radius 2 is 2.33 bits per heavy atom. The Kier molecular flexibility index (Phi) is 5.59. The van der Waals surface area contributed by atoms with Crippen LogP contribution in [0.25, 0.3) is 0 Å². The van der Waals surface area contributed by atoms with Gasteiger partial charge in [-0.2, -0.15) is 0 Å². The summed E-state index contributed by atoms with van der Waals surface area (Å²) in [5.41, 5.74) is 1.95. The highest BCUT2D eigenvalue weighted by Crippen LogP contribution is 2.18. The summed E-state index contributed by atoms with van der Waals surface area (Å²) in [7, 11) is 0. The maximum absolute atomic E-state index is 12.1. The second-order valence-corrected chi connectivity index (χ2v) is 5.62. The summed E-state index contributed by atoms with van der Waals surface area (Å²) in [5.74, 6) is 0. The second-order valence-electron chi connectivity index (χ2n) is 5.62. The van der Waals surface area contributed by atoms with Crippen LogP contribution in [-0.2, 0) is 0 Å². The Morgan fingerprint density at radius 1 is 1.52 bits per heavy atom. The Balaban J connectivity index is 1.95. The first kappa shape index (κ1) is 15.8. The normalized spacial score (nSPS) is 19.6. The standard InChI is InChI=1S/C16H25N3O2/c1-3-8-17-12(2)13-5-4-6-14(10-13)18-16(21)19-9-7-15(20)11-19/h4-6,10,12,15,17,20H,3,7-9,11H2,1-2H3,(H,18,21). The summed E-state index contributed by atoms with van der Waals surface area (Å²) < 4.78 is 0. The molecule has 2 atom stereocenters. The predicted molar refractivity (Wildman–Crippen MR) is 84.4 cm³/mol. The molecule has 116 valence electrons. The summed E-state index contributed by atoms with van der Waals surface area (Å²) in [4.78, 5) is 13.8. The van der Waals surface area contributed by atoms with Crippen LogP contribution in [0.15, 0.2) is 24.3 Å². The van der Waals surface area contributed by atoms with Crippen molar-refractivity contribution in [3.63, 3.8) is 0 Å². The van der Waals surface area contributed by atoms with Gasteiger partial charge >= 0.3 is 6.03 Å². The first-order chi connectivity index (χ1) is 10.1. The highest BCUT2D eigenvalue weighted by molar-refractivity contribution is 5.89. The number of benzene rings is 1. The van der Waals surface area contributed by atoms with E-state index in [1.54, 1.807) is 4.90 Å². The molecular weight excluding hydrogens is 266 g/mol. The SMILES string of the molecule is CCCNC(C)c1cccc(NC(=O)N2CCC(O)C2)c1. The molecule has 21 heavy (non-hydrogen) atoms. The van der Waals surface area contributed by atoms with Crippen LogP contribution < -0.4 is 10.6 Å². The zero-order valence-corrected chi connectivity index (χ0v) is 12.8. The van der Waals surface area contributed by atoms with Gasteiger partial charge < -0.3 is 20.6 Å². The van der Waals surface area contributed by atoms with Crippen LogP contribution in [0, 0.1) is 0 Å². The van der Waals surface area contributed by atoms with Crippen LogP contribution in [-0.4, -0.2) is 41.8 Å². The molecule has 1 aliphatic heterocycles. The van der Waals surface area contributed by atoms with Gasteiger partial charge in [0.1, 0.15) is 0 Å². The molecule has 0 aliphatic carbocycles. The minimum absolute atomic E-state index is 0.141. The first-order valence-corrected chi connectivity index (χ1v) is 7.67. The fourth-order valence-corrected chi connectivity index (χ4v) is 2.49. The number of amides is 2. The topological polar surface area (TPSA) is 64.6 Å². The minimum Gasteiger partial charge on any atom is -0.391 e. The smallest absolute Gasteiger partial charge is 0.321 e. The number of nitrogens with one attached hydrogen (secondary N) is 2. The largest absolute Gasteiger partial charge is 0.391 e. The minimum atomic E-state index is -0.389. The number of carbonyl (C=O) groups is 1. The number of carbonyl (C=O) groups excluding carboxylic acids is 1. The van der Waals surface area contributed by atoms with Crippen LogP contribution in [0.4, 0.5) is 10.5 Å². The Labute approximate surface area is 126 Å². The van der Waals surface area contributed by atoms with Gasteiger partial charge in [0, 0.05) is 24.8 Å². The lowest BCUT2D eigenvalue weighted by atomic mass is 10.1. The van der Waals surface area contributed by atoms with E-state index in [0.717, 1.165) is 24.2 Å². The Bertz CT molecular complexity index is 478. The van der Waals surface area contributed by atoms with E-state index in [-0.39, 0.29) is 18.2 Å². The Morgan fingerprint density at radius 3 is 3.00 bits per heavy atom. The number of urea groups is 1. The molecule has 1 fully saturated rings. The number of rotatable bonds is 5. The number of aliphatic hydroxyl groups excluding tert-OH is 1. The molecule has 2 amide bonds. The number of nitrogens with zero attached hydrogens (tertiary/aromatic N) is 1. The van der Waals surface area contributed by atoms with Crippen molar-refractivity contribution in [3.8, 4) is 0 Å². The van der Waals surface area contributed by atoms with Gasteiger partial charge in [-0.1, -0.05) is 19.1 Å². The average molecular weight is 291 g/mol. The van der Waals surface area contributed by atoms with E-state index in [4.69, 9.17) is 0 Å². The molecule has 0 aromatic heterocycles. The van der Waals surface area contributed by atoms with Gasteiger partial charge in [0.05, 0.1) is 6.10 Å². The van der Waals surface area contributed by atoms with Crippen molar-refractivity contribution in [2.24, 2.45) is 0 Å². The summed E-state index contributed by atoms with van der Waals surface area (Å²) >= 11 is 0. The molecule has 2 unspecified atom stereocenters. The lowest BCUT2D eigenvalue weighted by molar-refractivity contribution is 0.176. The van der Waals surface area contributed by atoms with Gasteiger partial charge in [-0.05, 0) is 44.0 Å². The molecule has 0 radical (unpaired) electrons. The lowest BCUT2D eigenvalue weighted by Gasteiger charge is -2.18. The van der Waals surface area contributed by atoms with Gasteiger partial charge in [-0.15, -0.1) is 0 Å². The van der Waals surface area contributed by atoms with Crippen LogP contribution in [0.3, 0.4) is 0 Å². The number of anilines is 1. The fraction of sp³-hybridized carbons (Fsp3) is 0.562. The maximum atomic E-state index is 12.1. The van der Waals surface area contributed by atoms with Crippen molar-refractivity contribution in [2.75, 3.05) is 25.0 Å². The third-order valence-electron chi connectivity index (χ3n) is 3.79. The van der Waals surface area contributed by atoms with Crippen molar-refractivity contribution in [1.29, 1.82) is 0 Å². The predicted octanol–water partition coefficient (Wildman–Crippen LogP) is 2.35. The van der Waals surface area contributed by atoms with E-state index in [2.05, 4.69) is 30.5 Å². The number of β-amino-alcohol motifs (C(OH)–C–C–N with tert-alkyl or cyclic N) is 1. The van der Waals surface area contributed by atoms with Crippen LogP contribution in [0.5, 0.6) is 0 Å². The van der Waals surface area contributed by atoms with E-state index in [9.17, 15) is 9.90 Å². The van der Waals surface area contributed by atoms with Crippen molar-refractivity contribution in [3.05, 3.63) is 29.8 Å². The molecule has 1 aliphatic rings. The van der Waals surface area contributed by atoms with E-state index in [0.29, 0.717) is 19.5 Å². The highest BCUT2D eigenvalue weighted by Gasteiger charge is 2.24. The van der Waals surface area contributed by atoms with Gasteiger partial charge in [0.2, 0.25) is 0 Å². The molecule has 0 spiro atoms. The lowest BCUT2D eigenvalue weighted by Crippen LogP contribution is -2.33. The third kappa shape index (κ3) is 4.44. The highest BCUT2D eigenvalue weighted by atomic mass is 16.3. The van der Waals surface area contributed by atoms with E-state index in [1.165, 1.54) is 0 Å². The summed E-state index contributed by atoms with van der Waals surface area (Å²) in [6.07, 6.45) is 1.36. The molecule has 3 N–H and O–H groups in total. The molecule has 1 aromatic carbocycles. The number of likely N-dealkylation sites (tertiary alicyclic amines) is 1. The summed E-state index contributed by atoms with van der Waals surface area (Å²) in [6, 6.07) is 8.02. The number of hydrogen-bond acceptors (Lipinski definition) is 3.